The lowest BCUT2D eigenvalue weighted by Crippen LogP contribution is -2.65. The Morgan fingerprint density at radius 1 is 1.16 bits per heavy atom. The Hall–Kier alpha value is -2.60. The largest absolute Gasteiger partial charge is 0.351 e. The molecule has 3 aromatic rings. The van der Waals surface area contributed by atoms with Crippen molar-refractivity contribution in [3.63, 3.8) is 0 Å². The first-order valence-corrected chi connectivity index (χ1v) is 12.0. The SMILES string of the molecule is Cc1ccccc1N1C(=O)c2cc3sccc3n2CC1(C)C(=O)NC1CCC(C)CC1. The highest BCUT2D eigenvalue weighted by molar-refractivity contribution is 7.17. The average molecular weight is 436 g/mol. The Morgan fingerprint density at radius 2 is 1.90 bits per heavy atom. The molecule has 1 aliphatic heterocycles. The quantitative estimate of drug-likeness (QED) is 0.620. The molecule has 0 saturated heterocycles. The van der Waals surface area contributed by atoms with Crippen LogP contribution in [0.2, 0.25) is 0 Å². The Bertz CT molecular complexity index is 1150. The molecule has 162 valence electrons. The first-order chi connectivity index (χ1) is 14.9. The van der Waals surface area contributed by atoms with Crippen LogP contribution < -0.4 is 10.2 Å². The highest BCUT2D eigenvalue weighted by Gasteiger charge is 2.49. The molecule has 5 nitrogen and oxygen atoms in total. The van der Waals surface area contributed by atoms with Crippen molar-refractivity contribution in [2.45, 2.75) is 64.6 Å². The third-order valence-electron chi connectivity index (χ3n) is 7.10. The highest BCUT2D eigenvalue weighted by Crippen LogP contribution is 2.38. The number of benzene rings is 1. The summed E-state index contributed by atoms with van der Waals surface area (Å²) in [5.74, 6) is 0.544. The van der Waals surface area contributed by atoms with Crippen molar-refractivity contribution < 1.29 is 9.59 Å². The van der Waals surface area contributed by atoms with Crippen LogP contribution in [0.25, 0.3) is 10.2 Å². The van der Waals surface area contributed by atoms with E-state index >= 15 is 0 Å². The number of nitrogens with zero attached hydrogens (tertiary/aromatic N) is 2. The van der Waals surface area contributed by atoms with E-state index in [2.05, 4.69) is 12.2 Å². The van der Waals surface area contributed by atoms with Gasteiger partial charge in [-0.05, 0) is 74.6 Å². The molecule has 2 aliphatic rings. The summed E-state index contributed by atoms with van der Waals surface area (Å²) in [5, 5.41) is 5.35. The maximum Gasteiger partial charge on any atom is 0.275 e. The zero-order chi connectivity index (χ0) is 21.8. The summed E-state index contributed by atoms with van der Waals surface area (Å²) in [6, 6.07) is 12.0. The van der Waals surface area contributed by atoms with E-state index in [0.717, 1.165) is 53.1 Å². The van der Waals surface area contributed by atoms with Crippen molar-refractivity contribution in [1.82, 2.24) is 9.88 Å². The van der Waals surface area contributed by atoms with Crippen molar-refractivity contribution in [3.05, 3.63) is 53.0 Å². The van der Waals surface area contributed by atoms with E-state index < -0.39 is 5.54 Å². The molecule has 1 N–H and O–H groups in total. The predicted octanol–water partition coefficient (Wildman–Crippen LogP) is 5.13. The number of para-hydroxylation sites is 1. The fourth-order valence-electron chi connectivity index (χ4n) is 5.15. The van der Waals surface area contributed by atoms with Gasteiger partial charge in [-0.25, -0.2) is 0 Å². The van der Waals surface area contributed by atoms with Gasteiger partial charge in [0.15, 0.2) is 0 Å². The molecule has 1 aromatic carbocycles. The summed E-state index contributed by atoms with van der Waals surface area (Å²) in [6.07, 6.45) is 4.29. The number of carbonyl (C=O) groups is 2. The Morgan fingerprint density at radius 3 is 2.65 bits per heavy atom. The van der Waals surface area contributed by atoms with Gasteiger partial charge in [-0.2, -0.15) is 0 Å². The topological polar surface area (TPSA) is 54.3 Å². The highest BCUT2D eigenvalue weighted by atomic mass is 32.1. The van der Waals surface area contributed by atoms with Crippen LogP contribution in [0.3, 0.4) is 0 Å². The first-order valence-electron chi connectivity index (χ1n) is 11.2. The molecule has 1 atom stereocenters. The standard InChI is InChI=1S/C25H29N3O2S/c1-16-8-10-18(11-9-16)26-24(30)25(3)15-27-20-12-13-31-22(20)14-21(27)23(29)28(25)19-7-5-4-6-17(19)2/h4-7,12-14,16,18H,8-11,15H2,1-3H3,(H,26,30). The minimum atomic E-state index is -1.01. The van der Waals surface area contributed by atoms with Crippen molar-refractivity contribution in [3.8, 4) is 0 Å². The Balaban J connectivity index is 1.58. The van der Waals surface area contributed by atoms with Crippen LogP contribution in [0.4, 0.5) is 5.69 Å². The van der Waals surface area contributed by atoms with E-state index in [9.17, 15) is 9.59 Å². The van der Waals surface area contributed by atoms with Crippen LogP contribution in [0.1, 0.15) is 55.6 Å². The first kappa shape index (κ1) is 20.3. The van der Waals surface area contributed by atoms with Gasteiger partial charge in [0.25, 0.3) is 5.91 Å². The third-order valence-corrected chi connectivity index (χ3v) is 7.95. The molecule has 1 fully saturated rings. The maximum absolute atomic E-state index is 13.8. The van der Waals surface area contributed by atoms with Crippen LogP contribution >= 0.6 is 11.3 Å². The van der Waals surface area contributed by atoms with Crippen LogP contribution in [0.15, 0.2) is 41.8 Å². The van der Waals surface area contributed by atoms with Crippen molar-refractivity contribution in [2.24, 2.45) is 5.92 Å². The molecular formula is C25H29N3O2S. The summed E-state index contributed by atoms with van der Waals surface area (Å²) < 4.78 is 3.12. The Labute approximate surface area is 187 Å². The molecule has 31 heavy (non-hydrogen) atoms. The van der Waals surface area contributed by atoms with E-state index in [1.54, 1.807) is 16.2 Å². The summed E-state index contributed by atoms with van der Waals surface area (Å²) in [7, 11) is 0. The van der Waals surface area contributed by atoms with Gasteiger partial charge < -0.3 is 9.88 Å². The smallest absolute Gasteiger partial charge is 0.275 e. The summed E-state index contributed by atoms with van der Waals surface area (Å²) in [5.41, 5.74) is 2.47. The molecule has 5 rings (SSSR count). The summed E-state index contributed by atoms with van der Waals surface area (Å²) in [6.45, 7) is 6.63. The number of aryl methyl sites for hydroxylation is 1. The monoisotopic (exact) mass is 435 g/mol. The summed E-state index contributed by atoms with van der Waals surface area (Å²) >= 11 is 1.63. The predicted molar refractivity (Wildman–Crippen MR) is 126 cm³/mol. The van der Waals surface area contributed by atoms with Crippen molar-refractivity contribution in [1.29, 1.82) is 0 Å². The molecule has 0 bridgehead atoms. The zero-order valence-electron chi connectivity index (χ0n) is 18.4. The van der Waals surface area contributed by atoms with Crippen LogP contribution in [-0.4, -0.2) is 28.0 Å². The van der Waals surface area contributed by atoms with Gasteiger partial charge in [-0.3, -0.25) is 14.5 Å². The van der Waals surface area contributed by atoms with Gasteiger partial charge in [0.1, 0.15) is 11.2 Å². The lowest BCUT2D eigenvalue weighted by molar-refractivity contribution is -0.127. The minimum Gasteiger partial charge on any atom is -0.351 e. The second-order valence-corrected chi connectivity index (χ2v) is 10.4. The second kappa shape index (κ2) is 7.52. The lowest BCUT2D eigenvalue weighted by Gasteiger charge is -2.45. The third kappa shape index (κ3) is 3.28. The van der Waals surface area contributed by atoms with Crippen LogP contribution in [-0.2, 0) is 11.3 Å². The van der Waals surface area contributed by atoms with E-state index in [-0.39, 0.29) is 17.9 Å². The fourth-order valence-corrected chi connectivity index (χ4v) is 5.97. The van der Waals surface area contributed by atoms with Crippen LogP contribution in [0, 0.1) is 12.8 Å². The van der Waals surface area contributed by atoms with E-state index in [0.29, 0.717) is 12.2 Å². The van der Waals surface area contributed by atoms with Gasteiger partial charge in [-0.15, -0.1) is 11.3 Å². The van der Waals surface area contributed by atoms with Gasteiger partial charge in [-0.1, -0.05) is 25.1 Å². The fraction of sp³-hybridized carbons (Fsp3) is 0.440. The number of rotatable bonds is 3. The van der Waals surface area contributed by atoms with Gasteiger partial charge >= 0.3 is 0 Å². The normalized spacial score (nSPS) is 26.2. The molecule has 1 aliphatic carbocycles. The number of hydrogen-bond donors (Lipinski definition) is 1. The lowest BCUT2D eigenvalue weighted by atomic mass is 9.86. The van der Waals surface area contributed by atoms with Gasteiger partial charge in [0.05, 0.1) is 16.8 Å². The van der Waals surface area contributed by atoms with E-state index in [1.165, 1.54) is 0 Å². The van der Waals surface area contributed by atoms with E-state index in [1.807, 2.05) is 60.2 Å². The number of carbonyl (C=O) groups excluding carboxylic acids is 2. The number of amides is 2. The average Bonchev–Trinajstić information content (AvgIpc) is 3.33. The molecule has 1 saturated carbocycles. The van der Waals surface area contributed by atoms with Gasteiger partial charge in [0, 0.05) is 11.7 Å². The van der Waals surface area contributed by atoms with Crippen molar-refractivity contribution >= 4 is 39.1 Å². The Kier molecular flexibility index (Phi) is 4.93. The summed E-state index contributed by atoms with van der Waals surface area (Å²) in [4.78, 5) is 29.4. The number of nitrogens with one attached hydrogen (secondary N) is 1. The zero-order valence-corrected chi connectivity index (χ0v) is 19.2. The number of fused-ring (bicyclic) bond motifs is 3. The number of hydrogen-bond acceptors (Lipinski definition) is 3. The molecule has 0 radical (unpaired) electrons. The maximum atomic E-state index is 13.8. The molecule has 1 unspecified atom stereocenters. The van der Waals surface area contributed by atoms with E-state index in [4.69, 9.17) is 0 Å². The van der Waals surface area contributed by atoms with Gasteiger partial charge in [0.2, 0.25) is 5.91 Å². The molecule has 2 amide bonds. The molecule has 0 spiro atoms. The van der Waals surface area contributed by atoms with Crippen molar-refractivity contribution in [2.75, 3.05) is 4.90 Å². The number of thiophene rings is 1. The van der Waals surface area contributed by atoms with Crippen LogP contribution in [0.5, 0.6) is 0 Å². The second-order valence-electron chi connectivity index (χ2n) is 9.42. The number of aromatic nitrogens is 1. The number of anilines is 1. The minimum absolute atomic E-state index is 0.0635. The molecule has 2 aromatic heterocycles. The molecule has 6 heteroatoms. The molecular weight excluding hydrogens is 406 g/mol. The molecule has 3 heterocycles.